The van der Waals surface area contributed by atoms with Crippen molar-refractivity contribution in [3.63, 3.8) is 0 Å². The summed E-state index contributed by atoms with van der Waals surface area (Å²) in [5, 5.41) is 13.0. The van der Waals surface area contributed by atoms with E-state index in [9.17, 15) is 24.5 Å². The zero-order chi connectivity index (χ0) is 19.5. The number of carbonyl (C=O) groups excluding carboxylic acids is 3. The fourth-order valence-electron chi connectivity index (χ4n) is 2.48. The minimum absolute atomic E-state index is 0.0787. The zero-order valence-electron chi connectivity index (χ0n) is 14.4. The molecule has 2 atom stereocenters. The van der Waals surface area contributed by atoms with Crippen LogP contribution in [0.25, 0.3) is 0 Å². The molecule has 1 amide bonds. The number of nitro groups is 1. The molecule has 1 N–H and O–H groups in total. The Morgan fingerprint density at radius 3 is 2.38 bits per heavy atom. The summed E-state index contributed by atoms with van der Waals surface area (Å²) in [6.45, 7) is 4.05. The third-order valence-corrected chi connectivity index (χ3v) is 3.76. The molecule has 26 heavy (non-hydrogen) atoms. The van der Waals surface area contributed by atoms with Crippen LogP contribution < -0.4 is 5.32 Å². The highest BCUT2D eigenvalue weighted by atomic mass is 16.7. The third kappa shape index (κ3) is 4.47. The number of hydrogen-bond donors (Lipinski definition) is 1. The molecule has 0 radical (unpaired) electrons. The van der Waals surface area contributed by atoms with Gasteiger partial charge in [-0.25, -0.2) is 4.79 Å². The first-order valence-corrected chi connectivity index (χ1v) is 7.67. The van der Waals surface area contributed by atoms with Crippen LogP contribution in [0.4, 0.5) is 10.5 Å². The molecule has 0 spiro atoms. The van der Waals surface area contributed by atoms with Gasteiger partial charge in [-0.15, -0.1) is 0 Å². The number of esters is 1. The van der Waals surface area contributed by atoms with Crippen molar-refractivity contribution < 1.29 is 33.5 Å². The van der Waals surface area contributed by atoms with Crippen LogP contribution in [0.3, 0.4) is 0 Å². The molecule has 10 nitrogen and oxygen atoms in total. The number of nitrogens with one attached hydrogen (secondary N) is 1. The van der Waals surface area contributed by atoms with Crippen molar-refractivity contribution in [1.29, 1.82) is 0 Å². The van der Waals surface area contributed by atoms with E-state index >= 15 is 0 Å². The molecular formula is C16H18N2O8. The van der Waals surface area contributed by atoms with Crippen LogP contribution in [0, 0.1) is 16.0 Å². The SMILES string of the molecule is CC(=O)O[C@H]1NC(=O)[C@@H]1C(C)(C)OC(=O)OCc1ccc([N+](=O)[O-])cc1. The second-order valence-electron chi connectivity index (χ2n) is 6.18. The van der Waals surface area contributed by atoms with Gasteiger partial charge in [0.2, 0.25) is 5.91 Å². The van der Waals surface area contributed by atoms with Crippen LogP contribution in [0.5, 0.6) is 0 Å². The van der Waals surface area contributed by atoms with Gasteiger partial charge in [-0.05, 0) is 31.5 Å². The van der Waals surface area contributed by atoms with E-state index in [-0.39, 0.29) is 12.3 Å². The lowest BCUT2D eigenvalue weighted by Crippen LogP contribution is -2.67. The Balaban J connectivity index is 1.90. The molecule has 0 aliphatic carbocycles. The number of nitrogens with zero attached hydrogens (tertiary/aromatic N) is 1. The van der Waals surface area contributed by atoms with E-state index in [4.69, 9.17) is 14.2 Å². The average molecular weight is 366 g/mol. The van der Waals surface area contributed by atoms with Gasteiger partial charge in [0.15, 0.2) is 6.23 Å². The Morgan fingerprint density at radius 2 is 1.88 bits per heavy atom. The summed E-state index contributed by atoms with van der Waals surface area (Å²) in [5.41, 5.74) is -0.816. The maximum Gasteiger partial charge on any atom is 0.509 e. The van der Waals surface area contributed by atoms with Crippen LogP contribution in [0.1, 0.15) is 26.3 Å². The van der Waals surface area contributed by atoms with Crippen molar-refractivity contribution in [3.05, 3.63) is 39.9 Å². The van der Waals surface area contributed by atoms with Crippen LogP contribution in [-0.2, 0) is 30.4 Å². The molecule has 1 aromatic rings. The Labute approximate surface area is 148 Å². The highest BCUT2D eigenvalue weighted by molar-refractivity contribution is 5.87. The molecule has 1 aliphatic heterocycles. The number of β-lactam (4-membered cyclic amide) rings is 1. The highest BCUT2D eigenvalue weighted by Crippen LogP contribution is 2.32. The fourth-order valence-corrected chi connectivity index (χ4v) is 2.48. The maximum atomic E-state index is 11.9. The van der Waals surface area contributed by atoms with Gasteiger partial charge in [0.25, 0.3) is 5.69 Å². The molecule has 1 aromatic carbocycles. The number of carbonyl (C=O) groups is 3. The number of nitro benzene ring substituents is 1. The number of hydrogen-bond acceptors (Lipinski definition) is 8. The number of non-ortho nitro benzene ring substituents is 1. The van der Waals surface area contributed by atoms with Gasteiger partial charge in [0.05, 0.1) is 4.92 Å². The summed E-state index contributed by atoms with van der Waals surface area (Å²) in [4.78, 5) is 44.7. The standard InChI is InChI=1S/C16H18N2O8/c1-9(19)25-14-12(13(20)17-14)16(2,3)26-15(21)24-8-10-4-6-11(7-5-10)18(22)23/h4-7,12,14H,8H2,1-3H3,(H,17,20)/t12-,14+/m0/s1. The molecule has 1 saturated heterocycles. The lowest BCUT2D eigenvalue weighted by molar-refractivity contribution is -0.384. The molecule has 10 heteroatoms. The van der Waals surface area contributed by atoms with Crippen molar-refractivity contribution in [2.24, 2.45) is 5.92 Å². The first-order valence-electron chi connectivity index (χ1n) is 7.67. The minimum Gasteiger partial charge on any atom is -0.441 e. The number of rotatable bonds is 6. The van der Waals surface area contributed by atoms with Crippen molar-refractivity contribution >= 4 is 23.7 Å². The lowest BCUT2D eigenvalue weighted by atomic mass is 9.83. The molecule has 0 aromatic heterocycles. The third-order valence-electron chi connectivity index (χ3n) is 3.76. The minimum atomic E-state index is -1.27. The van der Waals surface area contributed by atoms with Gasteiger partial charge < -0.3 is 19.5 Å². The van der Waals surface area contributed by atoms with Gasteiger partial charge in [-0.2, -0.15) is 0 Å². The predicted molar refractivity (Wildman–Crippen MR) is 85.6 cm³/mol. The molecule has 1 aliphatic rings. The van der Waals surface area contributed by atoms with Crippen LogP contribution in [0.15, 0.2) is 24.3 Å². The topological polar surface area (TPSA) is 134 Å². The van der Waals surface area contributed by atoms with Crippen LogP contribution in [0.2, 0.25) is 0 Å². The maximum absolute atomic E-state index is 11.9. The number of ether oxygens (including phenoxy) is 3. The molecular weight excluding hydrogens is 348 g/mol. The molecule has 1 heterocycles. The summed E-state index contributed by atoms with van der Waals surface area (Å²) in [7, 11) is 0. The van der Waals surface area contributed by atoms with Crippen molar-refractivity contribution in [2.75, 3.05) is 0 Å². The quantitative estimate of drug-likeness (QED) is 0.348. The Kier molecular flexibility index (Phi) is 5.44. The Morgan fingerprint density at radius 1 is 1.27 bits per heavy atom. The second-order valence-corrected chi connectivity index (χ2v) is 6.18. The van der Waals surface area contributed by atoms with E-state index in [1.54, 1.807) is 0 Å². The largest absolute Gasteiger partial charge is 0.509 e. The molecule has 0 bridgehead atoms. The number of amides is 1. The average Bonchev–Trinajstić information content (AvgIpc) is 2.51. The molecule has 2 rings (SSSR count). The summed E-state index contributed by atoms with van der Waals surface area (Å²) >= 11 is 0. The Hall–Kier alpha value is -3.17. The van der Waals surface area contributed by atoms with Crippen LogP contribution >= 0.6 is 0 Å². The van der Waals surface area contributed by atoms with E-state index in [1.807, 2.05) is 0 Å². The highest BCUT2D eigenvalue weighted by Gasteiger charge is 2.53. The Bertz CT molecular complexity index is 728. The lowest BCUT2D eigenvalue weighted by Gasteiger charge is -2.43. The van der Waals surface area contributed by atoms with Gasteiger partial charge >= 0.3 is 12.1 Å². The van der Waals surface area contributed by atoms with Crippen molar-refractivity contribution in [2.45, 2.75) is 39.2 Å². The van der Waals surface area contributed by atoms with E-state index in [1.165, 1.54) is 45.0 Å². The summed E-state index contributed by atoms with van der Waals surface area (Å²) in [6, 6.07) is 5.48. The van der Waals surface area contributed by atoms with Crippen molar-refractivity contribution in [1.82, 2.24) is 5.32 Å². The van der Waals surface area contributed by atoms with Crippen LogP contribution in [-0.4, -0.2) is 34.8 Å². The van der Waals surface area contributed by atoms with Gasteiger partial charge in [0.1, 0.15) is 18.1 Å². The van der Waals surface area contributed by atoms with E-state index in [0.29, 0.717) is 5.56 Å². The smallest absolute Gasteiger partial charge is 0.441 e. The molecule has 0 saturated carbocycles. The van der Waals surface area contributed by atoms with E-state index in [0.717, 1.165) is 0 Å². The summed E-state index contributed by atoms with van der Waals surface area (Å²) < 4.78 is 15.1. The molecule has 140 valence electrons. The second kappa shape index (κ2) is 7.38. The molecule has 1 fully saturated rings. The first kappa shape index (κ1) is 19.2. The van der Waals surface area contributed by atoms with Crippen molar-refractivity contribution in [3.8, 4) is 0 Å². The fraction of sp³-hybridized carbons (Fsp3) is 0.438. The monoisotopic (exact) mass is 366 g/mol. The first-order chi connectivity index (χ1) is 12.1. The summed E-state index contributed by atoms with van der Waals surface area (Å²) in [5.74, 6) is -1.85. The predicted octanol–water partition coefficient (Wildman–Crippen LogP) is 1.66. The van der Waals surface area contributed by atoms with Gasteiger partial charge in [-0.1, -0.05) is 0 Å². The van der Waals surface area contributed by atoms with E-state index in [2.05, 4.69) is 5.32 Å². The van der Waals surface area contributed by atoms with E-state index < -0.39 is 40.7 Å². The number of benzene rings is 1. The molecule has 0 unspecified atom stereocenters. The normalized spacial score (nSPS) is 19.0. The zero-order valence-corrected chi connectivity index (χ0v) is 14.4. The summed E-state index contributed by atoms with van der Waals surface area (Å²) in [6.07, 6.45) is -1.90. The van der Waals surface area contributed by atoms with Gasteiger partial charge in [-0.3, -0.25) is 19.7 Å². The van der Waals surface area contributed by atoms with Gasteiger partial charge in [0, 0.05) is 19.1 Å².